The van der Waals surface area contributed by atoms with Crippen molar-refractivity contribution in [1.29, 1.82) is 0 Å². The number of aryl methyl sites for hydroxylation is 2. The van der Waals surface area contributed by atoms with Crippen LogP contribution in [0.4, 0.5) is 11.4 Å². The molecule has 9 heteroatoms. The number of nitrogens with zero attached hydrogens (tertiary/aromatic N) is 1. The monoisotopic (exact) mass is 548 g/mol. The number of rotatable bonds is 6. The molecule has 0 radical (unpaired) electrons. The predicted octanol–water partition coefficient (Wildman–Crippen LogP) is 5.38. The first-order valence-corrected chi connectivity index (χ1v) is 12.1. The summed E-state index contributed by atoms with van der Waals surface area (Å²) in [5.74, 6) is -1.83. The molecule has 3 aromatic carbocycles. The van der Waals surface area contributed by atoms with Crippen molar-refractivity contribution in [3.05, 3.63) is 88.0 Å². The second-order valence-corrected chi connectivity index (χ2v) is 9.14. The molecule has 0 saturated heterocycles. The highest BCUT2D eigenvalue weighted by Gasteiger charge is 2.22. The molecule has 8 nitrogen and oxygen atoms in total. The van der Waals surface area contributed by atoms with Crippen molar-refractivity contribution in [2.24, 2.45) is 0 Å². The number of aromatic nitrogens is 1. The highest BCUT2D eigenvalue weighted by Crippen LogP contribution is 2.25. The van der Waals surface area contributed by atoms with Crippen molar-refractivity contribution in [1.82, 2.24) is 4.68 Å². The van der Waals surface area contributed by atoms with E-state index in [1.54, 1.807) is 42.5 Å². The summed E-state index contributed by atoms with van der Waals surface area (Å²) in [5, 5.41) is 6.15. The summed E-state index contributed by atoms with van der Waals surface area (Å²) in [5.41, 5.74) is 6.30. The Balaban J connectivity index is 1.63. The van der Waals surface area contributed by atoms with Crippen LogP contribution in [0.1, 0.15) is 28.5 Å². The number of halogens is 1. The fourth-order valence-corrected chi connectivity index (χ4v) is 4.28. The number of benzene rings is 3. The maximum atomic E-state index is 13.3. The van der Waals surface area contributed by atoms with Crippen LogP contribution in [-0.2, 0) is 9.59 Å². The Morgan fingerprint density at radius 2 is 1.61 bits per heavy atom. The minimum Gasteiger partial charge on any atom is -0.492 e. The number of amides is 3. The first-order valence-electron chi connectivity index (χ1n) is 11.3. The van der Waals surface area contributed by atoms with E-state index in [0.29, 0.717) is 34.6 Å². The summed E-state index contributed by atoms with van der Waals surface area (Å²) >= 11 is 3.43. The largest absolute Gasteiger partial charge is 0.492 e. The van der Waals surface area contributed by atoms with Crippen LogP contribution in [0.25, 0.3) is 10.9 Å². The maximum absolute atomic E-state index is 13.3. The second-order valence-electron chi connectivity index (χ2n) is 8.22. The second kappa shape index (κ2) is 10.7. The minimum absolute atomic E-state index is 0.165. The first kappa shape index (κ1) is 25.0. The highest BCUT2D eigenvalue weighted by molar-refractivity contribution is 9.10. The van der Waals surface area contributed by atoms with Gasteiger partial charge in [0.25, 0.3) is 5.91 Å². The van der Waals surface area contributed by atoms with E-state index < -0.39 is 17.7 Å². The fourth-order valence-electron chi connectivity index (χ4n) is 3.90. The van der Waals surface area contributed by atoms with Crippen molar-refractivity contribution < 1.29 is 19.1 Å². The van der Waals surface area contributed by atoms with Crippen LogP contribution in [-0.4, -0.2) is 29.0 Å². The van der Waals surface area contributed by atoms with Crippen LogP contribution in [0.2, 0.25) is 0 Å². The van der Waals surface area contributed by atoms with E-state index in [9.17, 15) is 14.4 Å². The molecule has 0 fully saturated rings. The average molecular weight is 549 g/mol. The third-order valence-corrected chi connectivity index (χ3v) is 5.82. The Hall–Kier alpha value is -4.11. The van der Waals surface area contributed by atoms with Gasteiger partial charge in [0.1, 0.15) is 11.4 Å². The SMILES string of the molecule is CCOc1ccccc1NC(=O)C(=O)Nn1c(C(=O)Nc2cc(C)cc(C)c2)cc2cc(Br)ccc21. The van der Waals surface area contributed by atoms with Gasteiger partial charge in [0.15, 0.2) is 0 Å². The Labute approximate surface area is 216 Å². The van der Waals surface area contributed by atoms with E-state index in [-0.39, 0.29) is 5.69 Å². The van der Waals surface area contributed by atoms with Gasteiger partial charge in [-0.3, -0.25) is 19.8 Å². The summed E-state index contributed by atoms with van der Waals surface area (Å²) < 4.78 is 7.63. The van der Waals surface area contributed by atoms with Crippen molar-refractivity contribution in [3.63, 3.8) is 0 Å². The van der Waals surface area contributed by atoms with Gasteiger partial charge in [-0.05, 0) is 80.4 Å². The summed E-state index contributed by atoms with van der Waals surface area (Å²) in [6.07, 6.45) is 0. The number of anilines is 2. The Bertz CT molecular complexity index is 1460. The molecule has 0 aliphatic rings. The normalized spacial score (nSPS) is 10.7. The number of hydrogen-bond acceptors (Lipinski definition) is 4. The van der Waals surface area contributed by atoms with Crippen LogP contribution in [0, 0.1) is 13.8 Å². The van der Waals surface area contributed by atoms with Gasteiger partial charge in [0.2, 0.25) is 0 Å². The van der Waals surface area contributed by atoms with Crippen LogP contribution in [0.3, 0.4) is 0 Å². The summed E-state index contributed by atoms with van der Waals surface area (Å²) in [6.45, 7) is 6.12. The minimum atomic E-state index is -0.942. The third-order valence-electron chi connectivity index (χ3n) is 5.33. The number of hydrogen-bond donors (Lipinski definition) is 3. The smallest absolute Gasteiger partial charge is 0.328 e. The van der Waals surface area contributed by atoms with Crippen LogP contribution in [0.5, 0.6) is 5.75 Å². The van der Waals surface area contributed by atoms with Gasteiger partial charge in [0, 0.05) is 15.5 Å². The fraction of sp³-hybridized carbons (Fsp3) is 0.148. The molecular weight excluding hydrogens is 524 g/mol. The van der Waals surface area contributed by atoms with Crippen molar-refractivity contribution >= 4 is 55.9 Å². The molecule has 0 bridgehead atoms. The van der Waals surface area contributed by atoms with Crippen molar-refractivity contribution in [2.45, 2.75) is 20.8 Å². The molecule has 0 unspecified atom stereocenters. The molecule has 0 atom stereocenters. The standard InChI is InChI=1S/C27H25BrN4O4/c1-4-36-24-8-6-5-7-21(24)30-26(34)27(35)31-32-22-10-9-19(28)14-18(22)15-23(32)25(33)29-20-12-16(2)11-17(3)13-20/h5-15H,4H2,1-3H3,(H,29,33)(H,30,34)(H,31,35). The first-order chi connectivity index (χ1) is 17.2. The lowest BCUT2D eigenvalue weighted by atomic mass is 10.1. The summed E-state index contributed by atoms with van der Waals surface area (Å²) in [7, 11) is 0. The van der Waals surface area contributed by atoms with Gasteiger partial charge < -0.3 is 15.4 Å². The molecular formula is C27H25BrN4O4. The molecule has 36 heavy (non-hydrogen) atoms. The molecule has 1 heterocycles. The summed E-state index contributed by atoms with van der Waals surface area (Å²) in [6, 6.07) is 19.6. The zero-order chi connectivity index (χ0) is 25.8. The van der Waals surface area contributed by atoms with E-state index >= 15 is 0 Å². The van der Waals surface area contributed by atoms with Gasteiger partial charge in [-0.1, -0.05) is 34.1 Å². The van der Waals surface area contributed by atoms with Crippen LogP contribution in [0.15, 0.2) is 71.2 Å². The Kier molecular flexibility index (Phi) is 7.40. The topological polar surface area (TPSA) is 101 Å². The number of fused-ring (bicyclic) bond motifs is 1. The van der Waals surface area contributed by atoms with E-state index in [4.69, 9.17) is 4.74 Å². The van der Waals surface area contributed by atoms with Gasteiger partial charge in [-0.2, -0.15) is 0 Å². The lowest BCUT2D eigenvalue weighted by Gasteiger charge is -2.14. The Morgan fingerprint density at radius 3 is 2.33 bits per heavy atom. The molecule has 0 spiro atoms. The van der Waals surface area contributed by atoms with E-state index in [2.05, 4.69) is 32.0 Å². The van der Waals surface area contributed by atoms with Crippen LogP contribution < -0.4 is 20.8 Å². The van der Waals surface area contributed by atoms with E-state index in [1.165, 1.54) is 4.68 Å². The maximum Gasteiger partial charge on any atom is 0.328 e. The van der Waals surface area contributed by atoms with Gasteiger partial charge in [0.05, 0.1) is 17.8 Å². The van der Waals surface area contributed by atoms with Crippen molar-refractivity contribution in [2.75, 3.05) is 22.7 Å². The van der Waals surface area contributed by atoms with Gasteiger partial charge >= 0.3 is 11.8 Å². The molecule has 0 saturated carbocycles. The van der Waals surface area contributed by atoms with Gasteiger partial charge in [-0.15, -0.1) is 0 Å². The zero-order valence-electron chi connectivity index (χ0n) is 20.0. The third kappa shape index (κ3) is 5.58. The zero-order valence-corrected chi connectivity index (χ0v) is 21.6. The Morgan fingerprint density at radius 1 is 0.889 bits per heavy atom. The molecule has 3 N–H and O–H groups in total. The molecule has 0 aliphatic carbocycles. The number of carbonyl (C=O) groups excluding carboxylic acids is 3. The molecule has 184 valence electrons. The lowest BCUT2D eigenvalue weighted by Crippen LogP contribution is -2.36. The predicted molar refractivity (Wildman–Crippen MR) is 144 cm³/mol. The average Bonchev–Trinajstić information content (AvgIpc) is 3.17. The quantitative estimate of drug-likeness (QED) is 0.281. The van der Waals surface area contributed by atoms with E-state index in [1.807, 2.05) is 45.0 Å². The number of nitrogens with one attached hydrogen (secondary N) is 3. The van der Waals surface area contributed by atoms with E-state index in [0.717, 1.165) is 15.6 Å². The lowest BCUT2D eigenvalue weighted by molar-refractivity contribution is -0.133. The van der Waals surface area contributed by atoms with Crippen LogP contribution >= 0.6 is 15.9 Å². The molecule has 0 aliphatic heterocycles. The van der Waals surface area contributed by atoms with Crippen molar-refractivity contribution in [3.8, 4) is 5.75 Å². The molecule has 3 amide bonds. The van der Waals surface area contributed by atoms with Gasteiger partial charge in [-0.25, -0.2) is 4.68 Å². The summed E-state index contributed by atoms with van der Waals surface area (Å²) in [4.78, 5) is 38.9. The number of carbonyl (C=O) groups is 3. The molecule has 4 aromatic rings. The molecule has 4 rings (SSSR count). The number of ether oxygens (including phenoxy) is 1. The highest BCUT2D eigenvalue weighted by atomic mass is 79.9. The number of para-hydroxylation sites is 2. The molecule has 1 aromatic heterocycles.